The minimum Gasteiger partial charge on any atom is -0.368 e. The largest absolute Gasteiger partial charge is 0.368 e. The third-order valence-electron chi connectivity index (χ3n) is 10.5. The maximum Gasteiger partial charge on any atom is 0.164 e. The number of benzene rings is 8. The minimum atomic E-state index is 0.150. The van der Waals surface area contributed by atoms with Crippen molar-refractivity contribution in [1.82, 2.24) is 19.5 Å². The molecule has 0 saturated heterocycles. The second-order valence-corrected chi connectivity index (χ2v) is 14.8. The topological polar surface area (TPSA) is 55.6 Å². The molecular weight excluding hydrogens is 679 g/mol. The van der Waals surface area contributed by atoms with Crippen LogP contribution in [-0.2, 0) is 0 Å². The molecule has 0 saturated carbocycles. The lowest BCUT2D eigenvalue weighted by Crippen LogP contribution is -2.02. The van der Waals surface area contributed by atoms with Crippen molar-refractivity contribution in [1.29, 1.82) is 0 Å². The molecule has 1 aliphatic rings. The molecule has 0 aliphatic carbocycles. The Labute approximate surface area is 316 Å². The predicted molar refractivity (Wildman–Crippen MR) is 224 cm³/mol. The van der Waals surface area contributed by atoms with Crippen molar-refractivity contribution in [2.75, 3.05) is 5.32 Å². The Morgan fingerprint density at radius 2 is 1.09 bits per heavy atom. The summed E-state index contributed by atoms with van der Waals surface area (Å²) >= 11 is 1.87. The molecule has 254 valence electrons. The van der Waals surface area contributed by atoms with Crippen molar-refractivity contribution in [3.8, 4) is 39.9 Å². The number of rotatable bonds is 5. The quantitative estimate of drug-likeness (QED) is 0.180. The van der Waals surface area contributed by atoms with E-state index in [9.17, 15) is 0 Å². The lowest BCUT2D eigenvalue weighted by Gasteiger charge is -2.14. The molecule has 1 N–H and O–H groups in total. The van der Waals surface area contributed by atoms with Crippen molar-refractivity contribution in [2.45, 2.75) is 10.3 Å². The first-order valence-corrected chi connectivity index (χ1v) is 19.0. The number of hydrogen-bond acceptors (Lipinski definition) is 5. The maximum absolute atomic E-state index is 5.18. The van der Waals surface area contributed by atoms with Crippen LogP contribution in [-0.4, -0.2) is 19.5 Å². The minimum absolute atomic E-state index is 0.150. The Bertz CT molecular complexity index is 3040. The molecule has 0 radical (unpaired) electrons. The first-order chi connectivity index (χ1) is 26.7. The third-order valence-corrected chi connectivity index (χ3v) is 11.7. The molecule has 0 bridgehead atoms. The fraction of sp³-hybridized carbons (Fsp3) is 0.0208. The van der Waals surface area contributed by atoms with E-state index in [1.54, 1.807) is 0 Å². The molecular formula is C48H31N5S. The molecule has 0 spiro atoms. The second kappa shape index (κ2) is 12.4. The van der Waals surface area contributed by atoms with Gasteiger partial charge in [0.15, 0.2) is 17.5 Å². The van der Waals surface area contributed by atoms with Gasteiger partial charge in [-0.15, -0.1) is 0 Å². The van der Waals surface area contributed by atoms with Gasteiger partial charge in [-0.1, -0.05) is 133 Å². The average molecular weight is 710 g/mol. The molecule has 54 heavy (non-hydrogen) atoms. The summed E-state index contributed by atoms with van der Waals surface area (Å²) in [7, 11) is 0. The molecule has 10 aromatic rings. The van der Waals surface area contributed by atoms with Gasteiger partial charge in [-0.05, 0) is 81.7 Å². The monoisotopic (exact) mass is 709 g/mol. The normalized spacial score (nSPS) is 13.8. The van der Waals surface area contributed by atoms with Gasteiger partial charge in [-0.2, -0.15) is 0 Å². The van der Waals surface area contributed by atoms with Crippen LogP contribution in [0.4, 0.5) is 5.69 Å². The first kappa shape index (κ1) is 30.8. The van der Waals surface area contributed by atoms with Crippen LogP contribution < -0.4 is 5.32 Å². The lowest BCUT2D eigenvalue weighted by molar-refractivity contribution is 1.07. The molecule has 5 nitrogen and oxygen atoms in total. The van der Waals surface area contributed by atoms with Crippen LogP contribution in [0.15, 0.2) is 181 Å². The lowest BCUT2D eigenvalue weighted by atomic mass is 9.97. The van der Waals surface area contributed by atoms with E-state index >= 15 is 0 Å². The highest BCUT2D eigenvalue weighted by molar-refractivity contribution is 8.00. The van der Waals surface area contributed by atoms with E-state index in [0.717, 1.165) is 33.2 Å². The van der Waals surface area contributed by atoms with Gasteiger partial charge in [0.2, 0.25) is 0 Å². The number of fused-ring (bicyclic) bond motifs is 7. The highest BCUT2D eigenvalue weighted by Crippen LogP contribution is 2.47. The SMILES string of the molecule is c1ccc(-c2nc(-c3ccc(-n4c5ccccc5c5ccc(C6Nc7ccccc7S6)cc54)cc3)nc(-c3cc4ccccc4c4ccccc34)n2)cc1. The van der Waals surface area contributed by atoms with Crippen LogP contribution >= 0.6 is 11.8 Å². The zero-order valence-electron chi connectivity index (χ0n) is 29.0. The summed E-state index contributed by atoms with van der Waals surface area (Å²) in [5.41, 5.74) is 8.72. The summed E-state index contributed by atoms with van der Waals surface area (Å²) in [4.78, 5) is 16.6. The Morgan fingerprint density at radius 3 is 1.91 bits per heavy atom. The summed E-state index contributed by atoms with van der Waals surface area (Å²) < 4.78 is 2.38. The first-order valence-electron chi connectivity index (χ1n) is 18.1. The van der Waals surface area contributed by atoms with Gasteiger partial charge in [-0.3, -0.25) is 0 Å². The Kier molecular flexibility index (Phi) is 7.10. The molecule has 8 aromatic carbocycles. The number of para-hydroxylation sites is 2. The van der Waals surface area contributed by atoms with Crippen molar-refractivity contribution in [2.24, 2.45) is 0 Å². The number of nitrogens with one attached hydrogen (secondary N) is 1. The van der Waals surface area contributed by atoms with Gasteiger partial charge in [0, 0.05) is 43.7 Å². The van der Waals surface area contributed by atoms with E-state index < -0.39 is 0 Å². The third kappa shape index (κ3) is 5.06. The van der Waals surface area contributed by atoms with Crippen LogP contribution in [0.5, 0.6) is 0 Å². The van der Waals surface area contributed by atoms with E-state index in [-0.39, 0.29) is 5.37 Å². The van der Waals surface area contributed by atoms with E-state index in [0.29, 0.717) is 17.5 Å². The molecule has 1 unspecified atom stereocenters. The standard InChI is InChI=1S/C48H31N5S/c1-2-12-30(13-3-1)45-50-46(52-47(51-45)40-28-32-14-4-5-15-35(32)36-16-6-7-17-37(36)40)31-22-25-34(26-23-31)53-42-20-10-8-18-38(42)39-27-24-33(29-43(39)53)48-49-41-19-9-11-21-44(41)54-48/h1-29,48-49H. The molecule has 2 aromatic heterocycles. The summed E-state index contributed by atoms with van der Waals surface area (Å²) in [6.45, 7) is 0. The molecule has 6 heteroatoms. The fourth-order valence-electron chi connectivity index (χ4n) is 7.91. The fourth-order valence-corrected chi connectivity index (χ4v) is 9.04. The number of hydrogen-bond donors (Lipinski definition) is 1. The Morgan fingerprint density at radius 1 is 0.463 bits per heavy atom. The van der Waals surface area contributed by atoms with Crippen LogP contribution in [0.25, 0.3) is 83.2 Å². The van der Waals surface area contributed by atoms with E-state index in [4.69, 9.17) is 15.0 Å². The van der Waals surface area contributed by atoms with Crippen molar-refractivity contribution < 1.29 is 0 Å². The van der Waals surface area contributed by atoms with E-state index in [2.05, 4.69) is 168 Å². The molecule has 0 amide bonds. The summed E-state index contributed by atoms with van der Waals surface area (Å²) in [5.74, 6) is 1.93. The average Bonchev–Trinajstić information content (AvgIpc) is 3.83. The molecule has 3 heterocycles. The molecule has 0 fully saturated rings. The molecule has 11 rings (SSSR count). The van der Waals surface area contributed by atoms with Crippen LogP contribution in [0.2, 0.25) is 0 Å². The van der Waals surface area contributed by atoms with Crippen LogP contribution in [0, 0.1) is 0 Å². The number of thioether (sulfide) groups is 1. The second-order valence-electron chi connectivity index (χ2n) is 13.7. The van der Waals surface area contributed by atoms with Gasteiger partial charge in [0.1, 0.15) is 5.37 Å². The number of nitrogens with zero attached hydrogens (tertiary/aromatic N) is 4. The molecule has 1 atom stereocenters. The van der Waals surface area contributed by atoms with E-state index in [1.165, 1.54) is 48.7 Å². The zero-order valence-corrected chi connectivity index (χ0v) is 29.8. The van der Waals surface area contributed by atoms with Gasteiger partial charge in [-0.25, -0.2) is 15.0 Å². The van der Waals surface area contributed by atoms with Gasteiger partial charge in [0.25, 0.3) is 0 Å². The molecule has 1 aliphatic heterocycles. The van der Waals surface area contributed by atoms with Crippen LogP contribution in [0.1, 0.15) is 10.9 Å². The van der Waals surface area contributed by atoms with Gasteiger partial charge < -0.3 is 9.88 Å². The summed E-state index contributed by atoms with van der Waals surface area (Å²) in [5, 5.41) is 11.0. The zero-order chi connectivity index (χ0) is 35.6. The highest BCUT2D eigenvalue weighted by Gasteiger charge is 2.24. The predicted octanol–water partition coefficient (Wildman–Crippen LogP) is 12.5. The van der Waals surface area contributed by atoms with Crippen molar-refractivity contribution in [3.05, 3.63) is 181 Å². The van der Waals surface area contributed by atoms with Crippen molar-refractivity contribution in [3.63, 3.8) is 0 Å². The maximum atomic E-state index is 5.18. The number of aromatic nitrogens is 4. The summed E-state index contributed by atoms with van der Waals surface area (Å²) in [6, 6.07) is 62.1. The van der Waals surface area contributed by atoms with Crippen LogP contribution in [0.3, 0.4) is 0 Å². The number of anilines is 1. The van der Waals surface area contributed by atoms with Gasteiger partial charge in [0.05, 0.1) is 11.0 Å². The summed E-state index contributed by atoms with van der Waals surface area (Å²) in [6.07, 6.45) is 0. The smallest absolute Gasteiger partial charge is 0.164 e. The Hall–Kier alpha value is -6.76. The Balaban J connectivity index is 1.05. The van der Waals surface area contributed by atoms with Crippen molar-refractivity contribution >= 4 is 60.8 Å². The highest BCUT2D eigenvalue weighted by atomic mass is 32.2. The van der Waals surface area contributed by atoms with E-state index in [1.807, 2.05) is 30.0 Å². The van der Waals surface area contributed by atoms with Gasteiger partial charge >= 0.3 is 0 Å².